The molecule has 0 aliphatic carbocycles. The van der Waals surface area contributed by atoms with Gasteiger partial charge in [0.05, 0.1) is 12.5 Å². The van der Waals surface area contributed by atoms with E-state index in [0.717, 1.165) is 0 Å². The zero-order chi connectivity index (χ0) is 13.0. The molecular formula is C14H8ClFNO. The van der Waals surface area contributed by atoms with Crippen LogP contribution in [0, 0.1) is 23.6 Å². The van der Waals surface area contributed by atoms with E-state index in [-0.39, 0.29) is 5.75 Å². The predicted molar refractivity (Wildman–Crippen MR) is 66.9 cm³/mol. The molecule has 0 heterocycles. The molecule has 0 aliphatic rings. The fourth-order valence-corrected chi connectivity index (χ4v) is 1.60. The minimum Gasteiger partial charge on any atom is -0.454 e. The molecule has 4 heteroatoms. The second-order valence-corrected chi connectivity index (χ2v) is 3.96. The van der Waals surface area contributed by atoms with Gasteiger partial charge in [0.15, 0.2) is 11.6 Å². The van der Waals surface area contributed by atoms with Crippen LogP contribution in [0.3, 0.4) is 0 Å². The van der Waals surface area contributed by atoms with E-state index >= 15 is 0 Å². The minimum absolute atomic E-state index is 0.0567. The van der Waals surface area contributed by atoms with E-state index in [4.69, 9.17) is 21.6 Å². The summed E-state index contributed by atoms with van der Waals surface area (Å²) < 4.78 is 18.9. The Balaban J connectivity index is 2.28. The summed E-state index contributed by atoms with van der Waals surface area (Å²) in [5.41, 5.74) is 0.580. The molecule has 2 nitrogen and oxygen atoms in total. The van der Waals surface area contributed by atoms with Gasteiger partial charge in [-0.3, -0.25) is 0 Å². The largest absolute Gasteiger partial charge is 0.454 e. The Labute approximate surface area is 109 Å². The predicted octanol–water partition coefficient (Wildman–Crippen LogP) is 4.35. The standard InChI is InChI=1S/C14H8ClFNO/c15-11-2-1-3-12(9-11)18-14-8-10(6-7-17)4-5-13(14)16/h1-6,8-9H. The third-order valence-electron chi connectivity index (χ3n) is 2.21. The van der Waals surface area contributed by atoms with Crippen molar-refractivity contribution in [2.24, 2.45) is 0 Å². The van der Waals surface area contributed by atoms with Crippen LogP contribution in [0.2, 0.25) is 5.02 Å². The summed E-state index contributed by atoms with van der Waals surface area (Å²) in [5.74, 6) is 0.00170. The summed E-state index contributed by atoms with van der Waals surface area (Å²) in [6, 6.07) is 12.8. The molecule has 1 radical (unpaired) electrons. The maximum atomic E-state index is 13.5. The van der Waals surface area contributed by atoms with Crippen LogP contribution in [0.5, 0.6) is 11.5 Å². The SMILES string of the molecule is N#C[CH]c1ccc(F)c(Oc2cccc(Cl)c2)c1. The maximum absolute atomic E-state index is 13.5. The molecule has 0 aromatic heterocycles. The fraction of sp³-hybridized carbons (Fsp3) is 0. The van der Waals surface area contributed by atoms with E-state index in [1.165, 1.54) is 24.6 Å². The van der Waals surface area contributed by atoms with Crippen LogP contribution in [0.25, 0.3) is 0 Å². The van der Waals surface area contributed by atoms with Crippen molar-refractivity contribution in [1.82, 2.24) is 0 Å². The first-order valence-electron chi connectivity index (χ1n) is 5.15. The molecule has 2 rings (SSSR count). The van der Waals surface area contributed by atoms with E-state index in [9.17, 15) is 4.39 Å². The zero-order valence-corrected chi connectivity index (χ0v) is 9.99. The summed E-state index contributed by atoms with van der Waals surface area (Å²) >= 11 is 5.81. The van der Waals surface area contributed by atoms with Gasteiger partial charge in [0, 0.05) is 5.02 Å². The summed E-state index contributed by atoms with van der Waals surface area (Å²) in [4.78, 5) is 0. The van der Waals surface area contributed by atoms with Gasteiger partial charge in [-0.2, -0.15) is 5.26 Å². The zero-order valence-electron chi connectivity index (χ0n) is 9.23. The Hall–Kier alpha value is -2.05. The van der Waals surface area contributed by atoms with Crippen molar-refractivity contribution in [3.8, 4) is 17.6 Å². The van der Waals surface area contributed by atoms with Gasteiger partial charge in [0.25, 0.3) is 0 Å². The van der Waals surface area contributed by atoms with Gasteiger partial charge in [-0.1, -0.05) is 23.7 Å². The van der Waals surface area contributed by atoms with Crippen LogP contribution >= 0.6 is 11.6 Å². The Morgan fingerprint density at radius 2 is 2.06 bits per heavy atom. The highest BCUT2D eigenvalue weighted by Crippen LogP contribution is 2.27. The first-order valence-corrected chi connectivity index (χ1v) is 5.52. The van der Waals surface area contributed by atoms with E-state index in [0.29, 0.717) is 16.3 Å². The van der Waals surface area contributed by atoms with E-state index in [1.807, 2.05) is 6.07 Å². The normalized spacial score (nSPS) is 9.83. The average Bonchev–Trinajstić information content (AvgIpc) is 2.34. The number of rotatable bonds is 3. The Kier molecular flexibility index (Phi) is 3.81. The van der Waals surface area contributed by atoms with Crippen molar-refractivity contribution in [2.45, 2.75) is 0 Å². The molecule has 0 atom stereocenters. The van der Waals surface area contributed by atoms with Gasteiger partial charge in [-0.05, 0) is 35.9 Å². The maximum Gasteiger partial charge on any atom is 0.165 e. The molecule has 0 fully saturated rings. The molecule has 18 heavy (non-hydrogen) atoms. The lowest BCUT2D eigenvalue weighted by Crippen LogP contribution is -1.90. The molecule has 0 N–H and O–H groups in total. The van der Waals surface area contributed by atoms with E-state index in [1.54, 1.807) is 24.3 Å². The van der Waals surface area contributed by atoms with Crippen molar-refractivity contribution < 1.29 is 9.13 Å². The van der Waals surface area contributed by atoms with Gasteiger partial charge >= 0.3 is 0 Å². The van der Waals surface area contributed by atoms with Crippen molar-refractivity contribution in [3.63, 3.8) is 0 Å². The summed E-state index contributed by atoms with van der Waals surface area (Å²) in [5, 5.41) is 9.06. The van der Waals surface area contributed by atoms with Crippen molar-refractivity contribution in [2.75, 3.05) is 0 Å². The molecule has 0 saturated heterocycles. The number of benzene rings is 2. The van der Waals surface area contributed by atoms with E-state index in [2.05, 4.69) is 0 Å². The van der Waals surface area contributed by atoms with Crippen LogP contribution in [0.1, 0.15) is 5.56 Å². The smallest absolute Gasteiger partial charge is 0.165 e. The third-order valence-corrected chi connectivity index (χ3v) is 2.45. The molecule has 0 saturated carbocycles. The third kappa shape index (κ3) is 2.99. The van der Waals surface area contributed by atoms with Crippen LogP contribution in [-0.4, -0.2) is 0 Å². The number of halogens is 2. The molecule has 0 bridgehead atoms. The first-order chi connectivity index (χ1) is 8.69. The minimum atomic E-state index is -0.495. The Morgan fingerprint density at radius 1 is 1.22 bits per heavy atom. The topological polar surface area (TPSA) is 33.0 Å². The molecule has 0 amide bonds. The van der Waals surface area contributed by atoms with Crippen molar-refractivity contribution in [1.29, 1.82) is 5.26 Å². The summed E-state index contributed by atoms with van der Waals surface area (Å²) in [7, 11) is 0. The molecular weight excluding hydrogens is 253 g/mol. The molecule has 2 aromatic rings. The van der Waals surface area contributed by atoms with Crippen LogP contribution in [0.4, 0.5) is 4.39 Å². The number of hydrogen-bond acceptors (Lipinski definition) is 2. The number of nitriles is 1. The highest BCUT2D eigenvalue weighted by Gasteiger charge is 2.06. The van der Waals surface area contributed by atoms with Crippen molar-refractivity contribution in [3.05, 3.63) is 65.3 Å². The lowest BCUT2D eigenvalue weighted by molar-refractivity contribution is 0.442. The van der Waals surface area contributed by atoms with E-state index < -0.39 is 5.82 Å². The summed E-state index contributed by atoms with van der Waals surface area (Å²) in [6.45, 7) is 0. The highest BCUT2D eigenvalue weighted by atomic mass is 35.5. The average molecular weight is 261 g/mol. The quantitative estimate of drug-likeness (QED) is 0.822. The number of hydrogen-bond donors (Lipinski definition) is 0. The monoisotopic (exact) mass is 260 g/mol. The lowest BCUT2D eigenvalue weighted by Gasteiger charge is -2.08. The number of nitrogens with zero attached hydrogens (tertiary/aromatic N) is 1. The van der Waals surface area contributed by atoms with Crippen LogP contribution in [-0.2, 0) is 0 Å². The van der Waals surface area contributed by atoms with Gasteiger partial charge < -0.3 is 4.74 Å². The number of ether oxygens (including phenoxy) is 1. The molecule has 89 valence electrons. The Morgan fingerprint density at radius 3 is 2.78 bits per heavy atom. The molecule has 0 unspecified atom stereocenters. The second kappa shape index (κ2) is 5.52. The van der Waals surface area contributed by atoms with Crippen LogP contribution < -0.4 is 4.74 Å². The Bertz CT molecular complexity index is 607. The van der Waals surface area contributed by atoms with Crippen molar-refractivity contribution >= 4 is 11.6 Å². The highest BCUT2D eigenvalue weighted by molar-refractivity contribution is 6.30. The van der Waals surface area contributed by atoms with Gasteiger partial charge in [0.1, 0.15) is 5.75 Å². The first kappa shape index (κ1) is 12.4. The lowest BCUT2D eigenvalue weighted by atomic mass is 10.1. The molecule has 0 spiro atoms. The van der Waals surface area contributed by atoms with Crippen LogP contribution in [0.15, 0.2) is 42.5 Å². The van der Waals surface area contributed by atoms with Gasteiger partial charge in [-0.15, -0.1) is 0 Å². The molecule has 2 aromatic carbocycles. The van der Waals surface area contributed by atoms with Gasteiger partial charge in [0.2, 0.25) is 0 Å². The fourth-order valence-electron chi connectivity index (χ4n) is 1.42. The van der Waals surface area contributed by atoms with Gasteiger partial charge in [-0.25, -0.2) is 4.39 Å². The summed E-state index contributed by atoms with van der Waals surface area (Å²) in [6.07, 6.45) is 1.31. The second-order valence-electron chi connectivity index (χ2n) is 3.52. The molecule has 0 aliphatic heterocycles.